The van der Waals surface area contributed by atoms with Gasteiger partial charge in [-0.15, -0.1) is 11.3 Å². The Kier molecular flexibility index (Phi) is 5.58. The van der Waals surface area contributed by atoms with E-state index < -0.39 is 0 Å². The molecule has 4 nitrogen and oxygen atoms in total. The van der Waals surface area contributed by atoms with Crippen molar-refractivity contribution in [1.29, 1.82) is 0 Å². The molecule has 1 fully saturated rings. The molecule has 0 spiro atoms. The second-order valence-corrected chi connectivity index (χ2v) is 7.83. The van der Waals surface area contributed by atoms with Crippen LogP contribution in [0.1, 0.15) is 22.5 Å². The number of hydrogen-bond donors (Lipinski definition) is 0. The predicted molar refractivity (Wildman–Crippen MR) is 97.7 cm³/mol. The lowest BCUT2D eigenvalue weighted by atomic mass is 9.98. The van der Waals surface area contributed by atoms with Gasteiger partial charge in [0.15, 0.2) is 0 Å². The molecule has 1 amide bonds. The van der Waals surface area contributed by atoms with Crippen LogP contribution in [-0.2, 0) is 4.79 Å². The van der Waals surface area contributed by atoms with Gasteiger partial charge in [-0.05, 0) is 42.5 Å². The number of piperidine rings is 1. The topological polar surface area (TPSA) is 46.6 Å². The number of benzene rings is 1. The average molecular weight is 429 g/mol. The molecule has 0 N–H and O–H groups in total. The van der Waals surface area contributed by atoms with E-state index in [1.807, 2.05) is 11.4 Å². The van der Waals surface area contributed by atoms with E-state index in [9.17, 15) is 9.59 Å². The van der Waals surface area contributed by atoms with Crippen LogP contribution in [0.3, 0.4) is 0 Å². The summed E-state index contributed by atoms with van der Waals surface area (Å²) < 4.78 is 6.25. The van der Waals surface area contributed by atoms with E-state index in [0.717, 1.165) is 10.9 Å². The SMILES string of the molecule is O=C(Oc1ccc(Br)cc1Cl)C1CCCN(C(=O)c2cccs2)C1. The predicted octanol–water partition coefficient (Wildman–Crippen LogP) is 4.62. The molecule has 1 atom stereocenters. The van der Waals surface area contributed by atoms with Crippen LogP contribution in [0.5, 0.6) is 5.75 Å². The first-order valence-electron chi connectivity index (χ1n) is 7.54. The maximum atomic E-state index is 12.4. The smallest absolute Gasteiger partial charge is 0.316 e. The van der Waals surface area contributed by atoms with Crippen LogP contribution in [0.4, 0.5) is 0 Å². The molecule has 1 saturated heterocycles. The summed E-state index contributed by atoms with van der Waals surface area (Å²) in [6.45, 7) is 1.04. The maximum Gasteiger partial charge on any atom is 0.316 e. The fourth-order valence-electron chi connectivity index (χ4n) is 2.66. The number of rotatable bonds is 3. The third-order valence-corrected chi connectivity index (χ3v) is 5.52. The highest BCUT2D eigenvalue weighted by molar-refractivity contribution is 9.10. The van der Waals surface area contributed by atoms with Gasteiger partial charge >= 0.3 is 5.97 Å². The fraction of sp³-hybridized carbons (Fsp3) is 0.294. The number of likely N-dealkylation sites (tertiary alicyclic amines) is 1. The van der Waals surface area contributed by atoms with Crippen molar-refractivity contribution in [2.75, 3.05) is 13.1 Å². The summed E-state index contributed by atoms with van der Waals surface area (Å²) in [4.78, 5) is 27.3. The van der Waals surface area contributed by atoms with Crippen LogP contribution in [0.25, 0.3) is 0 Å². The first kappa shape index (κ1) is 17.5. The molecule has 0 saturated carbocycles. The molecule has 1 aromatic heterocycles. The van der Waals surface area contributed by atoms with Gasteiger partial charge in [0.05, 0.1) is 15.8 Å². The van der Waals surface area contributed by atoms with Gasteiger partial charge < -0.3 is 9.64 Å². The Morgan fingerprint density at radius 1 is 1.33 bits per heavy atom. The molecule has 2 aromatic rings. The van der Waals surface area contributed by atoms with Gasteiger partial charge in [-0.2, -0.15) is 0 Å². The third-order valence-electron chi connectivity index (χ3n) is 3.88. The molecular weight excluding hydrogens is 414 g/mol. The Morgan fingerprint density at radius 2 is 2.17 bits per heavy atom. The van der Waals surface area contributed by atoms with Gasteiger partial charge in [-0.1, -0.05) is 33.6 Å². The van der Waals surface area contributed by atoms with Gasteiger partial charge in [-0.25, -0.2) is 0 Å². The lowest BCUT2D eigenvalue weighted by Crippen LogP contribution is -2.43. The standard InChI is InChI=1S/C17H15BrClNO3S/c18-12-5-6-14(13(19)9-12)23-17(22)11-3-1-7-20(10-11)16(21)15-4-2-8-24-15/h2,4-6,8-9,11H,1,3,7,10H2. The highest BCUT2D eigenvalue weighted by Crippen LogP contribution is 2.29. The van der Waals surface area contributed by atoms with Gasteiger partial charge in [0.25, 0.3) is 5.91 Å². The van der Waals surface area contributed by atoms with Crippen LogP contribution in [0.15, 0.2) is 40.2 Å². The minimum atomic E-state index is -0.345. The van der Waals surface area contributed by atoms with Gasteiger partial charge in [0.1, 0.15) is 5.75 Å². The monoisotopic (exact) mass is 427 g/mol. The minimum absolute atomic E-state index is 0.0239. The Morgan fingerprint density at radius 3 is 2.88 bits per heavy atom. The molecular formula is C17H15BrClNO3S. The van der Waals surface area contributed by atoms with Crippen LogP contribution >= 0.6 is 38.9 Å². The number of ether oxygens (including phenoxy) is 1. The largest absolute Gasteiger partial charge is 0.425 e. The molecule has 1 aromatic carbocycles. The summed E-state index contributed by atoms with van der Waals surface area (Å²) in [5, 5.41) is 2.25. The first-order valence-corrected chi connectivity index (χ1v) is 9.59. The van der Waals surface area contributed by atoms with Crippen molar-refractivity contribution in [3.05, 3.63) is 50.1 Å². The minimum Gasteiger partial charge on any atom is -0.425 e. The molecule has 1 unspecified atom stereocenters. The van der Waals surface area contributed by atoms with Crippen LogP contribution in [0, 0.1) is 5.92 Å². The number of thiophene rings is 1. The van der Waals surface area contributed by atoms with Gasteiger partial charge in [-0.3, -0.25) is 9.59 Å². The Bertz CT molecular complexity index is 750. The molecule has 126 valence electrons. The molecule has 2 heterocycles. The van der Waals surface area contributed by atoms with E-state index >= 15 is 0 Å². The molecule has 0 radical (unpaired) electrons. The van der Waals surface area contributed by atoms with E-state index in [-0.39, 0.29) is 17.8 Å². The average Bonchev–Trinajstić information content (AvgIpc) is 3.11. The van der Waals surface area contributed by atoms with Crippen molar-refractivity contribution in [1.82, 2.24) is 4.90 Å². The van der Waals surface area contributed by atoms with E-state index in [4.69, 9.17) is 16.3 Å². The van der Waals surface area contributed by atoms with Crippen molar-refractivity contribution in [3.63, 3.8) is 0 Å². The summed E-state index contributed by atoms with van der Waals surface area (Å²) in [6.07, 6.45) is 1.49. The highest BCUT2D eigenvalue weighted by Gasteiger charge is 2.30. The number of carbonyl (C=O) groups excluding carboxylic acids is 2. The zero-order chi connectivity index (χ0) is 17.1. The lowest BCUT2D eigenvalue weighted by Gasteiger charge is -2.31. The summed E-state index contributed by atoms with van der Waals surface area (Å²) >= 11 is 10.8. The second kappa shape index (κ2) is 7.68. The maximum absolute atomic E-state index is 12.4. The van der Waals surface area contributed by atoms with E-state index in [1.54, 1.807) is 29.2 Å². The fourth-order valence-corrected chi connectivity index (χ4v) is 4.06. The van der Waals surface area contributed by atoms with E-state index in [2.05, 4.69) is 15.9 Å². The van der Waals surface area contributed by atoms with Gasteiger partial charge in [0.2, 0.25) is 0 Å². The molecule has 3 rings (SSSR count). The summed E-state index contributed by atoms with van der Waals surface area (Å²) in [7, 11) is 0. The lowest BCUT2D eigenvalue weighted by molar-refractivity contribution is -0.140. The second-order valence-electron chi connectivity index (χ2n) is 5.56. The zero-order valence-electron chi connectivity index (χ0n) is 12.7. The molecule has 7 heteroatoms. The first-order chi connectivity index (χ1) is 11.5. The van der Waals surface area contributed by atoms with Crippen molar-refractivity contribution in [2.45, 2.75) is 12.8 Å². The highest BCUT2D eigenvalue weighted by atomic mass is 79.9. The quantitative estimate of drug-likeness (QED) is 0.529. The summed E-state index contributed by atoms with van der Waals surface area (Å²) in [5.74, 6) is -0.360. The van der Waals surface area contributed by atoms with E-state index in [0.29, 0.717) is 35.2 Å². The third kappa shape index (κ3) is 3.99. The van der Waals surface area contributed by atoms with Gasteiger partial charge in [0, 0.05) is 17.6 Å². The summed E-state index contributed by atoms with van der Waals surface area (Å²) in [6, 6.07) is 8.75. The summed E-state index contributed by atoms with van der Waals surface area (Å²) in [5.41, 5.74) is 0. The zero-order valence-corrected chi connectivity index (χ0v) is 15.9. The number of amides is 1. The number of halogens is 2. The van der Waals surface area contributed by atoms with Crippen LogP contribution in [0.2, 0.25) is 5.02 Å². The molecule has 0 aliphatic carbocycles. The Labute approximate surface area is 157 Å². The van der Waals surface area contributed by atoms with Crippen LogP contribution < -0.4 is 4.74 Å². The number of nitrogens with zero attached hydrogens (tertiary/aromatic N) is 1. The van der Waals surface area contributed by atoms with Crippen molar-refractivity contribution in [2.24, 2.45) is 5.92 Å². The number of hydrogen-bond acceptors (Lipinski definition) is 4. The van der Waals surface area contributed by atoms with Crippen molar-refractivity contribution in [3.8, 4) is 5.75 Å². The van der Waals surface area contributed by atoms with E-state index in [1.165, 1.54) is 11.3 Å². The number of carbonyl (C=O) groups is 2. The van der Waals surface area contributed by atoms with Crippen molar-refractivity contribution < 1.29 is 14.3 Å². The number of esters is 1. The molecule has 24 heavy (non-hydrogen) atoms. The Balaban J connectivity index is 1.65. The van der Waals surface area contributed by atoms with Crippen LogP contribution in [-0.4, -0.2) is 29.9 Å². The molecule has 0 bridgehead atoms. The Hall–Kier alpha value is -1.37. The molecule has 1 aliphatic heterocycles. The van der Waals surface area contributed by atoms with Crippen molar-refractivity contribution >= 4 is 50.7 Å². The normalized spacial score (nSPS) is 17.6. The molecule has 1 aliphatic rings.